The van der Waals surface area contributed by atoms with Crippen LogP contribution in [0.2, 0.25) is 0 Å². The average Bonchev–Trinajstić information content (AvgIpc) is 2.51. The standard InChI is InChI=1S/C15H20N2O2S/c1-11-6-7-15-12(9-11)13-10-16(2)8-4-5-14(13)17(15)20(3,18)19/h6-7,9H,4-5,8,10H2,1-3H3. The smallest absolute Gasteiger partial charge is 0.236 e. The van der Waals surface area contributed by atoms with E-state index in [9.17, 15) is 8.42 Å². The van der Waals surface area contributed by atoms with Crippen LogP contribution in [0, 0.1) is 6.92 Å². The Labute approximate surface area is 120 Å². The van der Waals surface area contributed by atoms with Gasteiger partial charge in [0.25, 0.3) is 0 Å². The van der Waals surface area contributed by atoms with E-state index < -0.39 is 10.0 Å². The third kappa shape index (κ3) is 2.15. The fourth-order valence-corrected chi connectivity index (χ4v) is 4.28. The summed E-state index contributed by atoms with van der Waals surface area (Å²) < 4.78 is 26.0. The number of nitrogens with zero attached hydrogens (tertiary/aromatic N) is 2. The molecular weight excluding hydrogens is 272 g/mol. The molecule has 1 aliphatic heterocycles. The third-order valence-electron chi connectivity index (χ3n) is 4.00. The number of benzene rings is 1. The molecule has 1 aromatic carbocycles. The lowest BCUT2D eigenvalue weighted by Crippen LogP contribution is -2.17. The highest BCUT2D eigenvalue weighted by molar-refractivity contribution is 7.89. The summed E-state index contributed by atoms with van der Waals surface area (Å²) in [7, 11) is -1.18. The van der Waals surface area contributed by atoms with Crippen LogP contribution in [0.25, 0.3) is 10.9 Å². The Hall–Kier alpha value is -1.33. The van der Waals surface area contributed by atoms with Crippen molar-refractivity contribution < 1.29 is 8.42 Å². The minimum Gasteiger partial charge on any atom is -0.302 e. The van der Waals surface area contributed by atoms with Crippen molar-refractivity contribution in [1.82, 2.24) is 8.87 Å². The van der Waals surface area contributed by atoms with Crippen molar-refractivity contribution in [3.8, 4) is 0 Å². The van der Waals surface area contributed by atoms with Crippen LogP contribution in [0.3, 0.4) is 0 Å². The van der Waals surface area contributed by atoms with E-state index in [2.05, 4.69) is 18.0 Å². The Kier molecular flexibility index (Phi) is 3.14. The van der Waals surface area contributed by atoms with E-state index in [-0.39, 0.29) is 0 Å². The van der Waals surface area contributed by atoms with Crippen LogP contribution in [-0.4, -0.2) is 37.1 Å². The first kappa shape index (κ1) is 13.6. The van der Waals surface area contributed by atoms with E-state index in [1.807, 2.05) is 19.1 Å². The van der Waals surface area contributed by atoms with Gasteiger partial charge in [0, 0.05) is 17.6 Å². The van der Waals surface area contributed by atoms with Gasteiger partial charge in [-0.15, -0.1) is 0 Å². The first-order valence-corrected chi connectivity index (χ1v) is 8.74. The highest BCUT2D eigenvalue weighted by Crippen LogP contribution is 2.32. The monoisotopic (exact) mass is 292 g/mol. The molecule has 0 saturated carbocycles. The Morgan fingerprint density at radius 3 is 2.70 bits per heavy atom. The zero-order chi connectivity index (χ0) is 14.5. The number of rotatable bonds is 1. The molecule has 0 atom stereocenters. The lowest BCUT2D eigenvalue weighted by molar-refractivity contribution is 0.333. The summed E-state index contributed by atoms with van der Waals surface area (Å²) in [6, 6.07) is 6.02. The number of hydrogen-bond acceptors (Lipinski definition) is 3. The third-order valence-corrected chi connectivity index (χ3v) is 5.08. The first-order valence-electron chi connectivity index (χ1n) is 6.90. The van der Waals surface area contributed by atoms with Gasteiger partial charge in [-0.25, -0.2) is 12.4 Å². The fraction of sp³-hybridized carbons (Fsp3) is 0.467. The van der Waals surface area contributed by atoms with Gasteiger partial charge in [-0.05, 0) is 51.1 Å². The highest BCUT2D eigenvalue weighted by Gasteiger charge is 2.24. The first-order chi connectivity index (χ1) is 9.38. The normalized spacial score (nSPS) is 17.1. The Morgan fingerprint density at radius 1 is 1.25 bits per heavy atom. The average molecular weight is 292 g/mol. The van der Waals surface area contributed by atoms with Gasteiger partial charge >= 0.3 is 0 Å². The molecule has 3 rings (SSSR count). The van der Waals surface area contributed by atoms with Crippen molar-refractivity contribution in [2.45, 2.75) is 26.3 Å². The topological polar surface area (TPSA) is 42.3 Å². The SMILES string of the molecule is Cc1ccc2c(c1)c1c(n2S(C)(=O)=O)CCCN(C)C1. The van der Waals surface area contributed by atoms with Gasteiger partial charge in [-0.1, -0.05) is 11.6 Å². The Morgan fingerprint density at radius 2 is 2.00 bits per heavy atom. The van der Waals surface area contributed by atoms with Gasteiger partial charge in [0.1, 0.15) is 0 Å². The molecule has 2 aromatic rings. The molecule has 5 heteroatoms. The Bertz CT molecular complexity index is 775. The van der Waals surface area contributed by atoms with E-state index in [0.29, 0.717) is 0 Å². The highest BCUT2D eigenvalue weighted by atomic mass is 32.2. The molecule has 0 N–H and O–H groups in total. The van der Waals surface area contributed by atoms with Gasteiger partial charge in [-0.3, -0.25) is 0 Å². The number of aryl methyl sites for hydroxylation is 1. The van der Waals surface area contributed by atoms with Gasteiger partial charge in [-0.2, -0.15) is 0 Å². The molecule has 4 nitrogen and oxygen atoms in total. The van der Waals surface area contributed by atoms with Crippen LogP contribution in [-0.2, 0) is 23.0 Å². The molecular formula is C15H20N2O2S. The molecule has 0 unspecified atom stereocenters. The van der Waals surface area contributed by atoms with Crippen molar-refractivity contribution >= 4 is 20.9 Å². The maximum absolute atomic E-state index is 12.2. The Balaban J connectivity index is 2.41. The second-order valence-corrected chi connectivity index (χ2v) is 7.65. The van der Waals surface area contributed by atoms with E-state index in [1.165, 1.54) is 11.8 Å². The molecule has 0 bridgehead atoms. The molecule has 108 valence electrons. The summed E-state index contributed by atoms with van der Waals surface area (Å²) in [6.07, 6.45) is 3.11. The lowest BCUT2D eigenvalue weighted by Gasteiger charge is -2.12. The van der Waals surface area contributed by atoms with Gasteiger partial charge in [0.15, 0.2) is 0 Å². The van der Waals surface area contributed by atoms with Crippen molar-refractivity contribution in [1.29, 1.82) is 0 Å². The van der Waals surface area contributed by atoms with E-state index in [1.54, 1.807) is 3.97 Å². The van der Waals surface area contributed by atoms with E-state index >= 15 is 0 Å². The van der Waals surface area contributed by atoms with Crippen LogP contribution in [0.4, 0.5) is 0 Å². The molecule has 1 aromatic heterocycles. The second-order valence-electron chi connectivity index (χ2n) is 5.81. The maximum Gasteiger partial charge on any atom is 0.236 e. The summed E-state index contributed by atoms with van der Waals surface area (Å²) in [5.74, 6) is 0. The number of fused-ring (bicyclic) bond motifs is 3. The van der Waals surface area contributed by atoms with E-state index in [0.717, 1.165) is 48.1 Å². The van der Waals surface area contributed by atoms with Crippen LogP contribution in [0.15, 0.2) is 18.2 Å². The lowest BCUT2D eigenvalue weighted by atomic mass is 10.1. The minimum absolute atomic E-state index is 0.817. The summed E-state index contributed by atoms with van der Waals surface area (Å²) in [5, 5.41) is 1.08. The summed E-state index contributed by atoms with van der Waals surface area (Å²) in [5.41, 5.74) is 4.13. The molecule has 0 saturated heterocycles. The van der Waals surface area contributed by atoms with Crippen LogP contribution < -0.4 is 0 Å². The zero-order valence-electron chi connectivity index (χ0n) is 12.2. The largest absolute Gasteiger partial charge is 0.302 e. The van der Waals surface area contributed by atoms with E-state index in [4.69, 9.17) is 0 Å². The summed E-state index contributed by atoms with van der Waals surface area (Å²) in [4.78, 5) is 2.26. The van der Waals surface area contributed by atoms with Gasteiger partial charge in [0.2, 0.25) is 10.0 Å². The zero-order valence-corrected chi connectivity index (χ0v) is 13.0. The maximum atomic E-state index is 12.2. The molecule has 1 aliphatic rings. The van der Waals surface area contributed by atoms with Crippen molar-refractivity contribution in [3.63, 3.8) is 0 Å². The molecule has 0 radical (unpaired) electrons. The summed E-state index contributed by atoms with van der Waals surface area (Å²) in [6.45, 7) is 3.87. The molecule has 0 fully saturated rings. The van der Waals surface area contributed by atoms with Gasteiger partial charge in [0.05, 0.1) is 11.8 Å². The van der Waals surface area contributed by atoms with Crippen molar-refractivity contribution in [2.75, 3.05) is 19.8 Å². The molecule has 20 heavy (non-hydrogen) atoms. The molecule has 0 amide bonds. The molecule has 2 heterocycles. The number of hydrogen-bond donors (Lipinski definition) is 0. The van der Waals surface area contributed by atoms with Gasteiger partial charge < -0.3 is 4.90 Å². The minimum atomic E-state index is -3.28. The predicted octanol–water partition coefficient (Wildman–Crippen LogP) is 2.14. The summed E-state index contributed by atoms with van der Waals surface area (Å²) >= 11 is 0. The quantitative estimate of drug-likeness (QED) is 0.808. The van der Waals surface area contributed by atoms with Crippen LogP contribution >= 0.6 is 0 Å². The second kappa shape index (κ2) is 4.60. The fourth-order valence-electron chi connectivity index (χ4n) is 3.17. The number of aromatic nitrogens is 1. The van der Waals surface area contributed by atoms with Crippen LogP contribution in [0.1, 0.15) is 23.2 Å². The molecule has 0 aliphatic carbocycles. The van der Waals surface area contributed by atoms with Crippen molar-refractivity contribution in [2.24, 2.45) is 0 Å². The van der Waals surface area contributed by atoms with Crippen LogP contribution in [0.5, 0.6) is 0 Å². The predicted molar refractivity (Wildman–Crippen MR) is 81.6 cm³/mol. The van der Waals surface area contributed by atoms with Crippen molar-refractivity contribution in [3.05, 3.63) is 35.0 Å². The molecule has 0 spiro atoms.